The zero-order valence-corrected chi connectivity index (χ0v) is 9.31. The first-order valence-corrected chi connectivity index (χ1v) is 5.10. The van der Waals surface area contributed by atoms with Gasteiger partial charge in [-0.05, 0) is 6.07 Å². The number of nitro groups is 1. The van der Waals surface area contributed by atoms with Crippen molar-refractivity contribution in [2.24, 2.45) is 0 Å². The van der Waals surface area contributed by atoms with E-state index in [1.54, 1.807) is 0 Å². The summed E-state index contributed by atoms with van der Waals surface area (Å²) in [4.78, 5) is 21.6. The van der Waals surface area contributed by atoms with Crippen LogP contribution in [0.1, 0.15) is 0 Å². The molecule has 1 aromatic rings. The largest absolute Gasteiger partial charge is 0.489 e. The third kappa shape index (κ3) is 2.44. The minimum Gasteiger partial charge on any atom is -0.489 e. The van der Waals surface area contributed by atoms with Gasteiger partial charge in [0.25, 0.3) is 5.69 Å². The number of fused-ring (bicyclic) bond motifs is 1. The van der Waals surface area contributed by atoms with Crippen molar-refractivity contribution in [1.82, 2.24) is 0 Å². The molecule has 19 heavy (non-hydrogen) atoms. The molecule has 102 valence electrons. The smallest absolute Gasteiger partial charge is 0.471 e. The van der Waals surface area contributed by atoms with Crippen molar-refractivity contribution in [3.05, 3.63) is 28.3 Å². The average Bonchev–Trinajstić information content (AvgIpc) is 2.35. The molecule has 0 radical (unpaired) electrons. The minimum atomic E-state index is -5.00. The van der Waals surface area contributed by atoms with Gasteiger partial charge in [-0.25, -0.2) is 0 Å². The monoisotopic (exact) mass is 276 g/mol. The lowest BCUT2D eigenvalue weighted by molar-refractivity contribution is -0.384. The highest BCUT2D eigenvalue weighted by Gasteiger charge is 2.44. The number of ether oxygens (including phenoxy) is 1. The lowest BCUT2D eigenvalue weighted by Gasteiger charge is -2.29. The number of carbonyl (C=O) groups excluding carboxylic acids is 1. The Morgan fingerprint density at radius 1 is 1.42 bits per heavy atom. The molecule has 0 unspecified atom stereocenters. The van der Waals surface area contributed by atoms with E-state index in [1.807, 2.05) is 0 Å². The summed E-state index contributed by atoms with van der Waals surface area (Å²) in [5.74, 6) is -2.14. The molecule has 0 fully saturated rings. The molecule has 0 aromatic heterocycles. The molecule has 1 aliphatic heterocycles. The van der Waals surface area contributed by atoms with Crippen molar-refractivity contribution in [3.8, 4) is 5.75 Å². The summed E-state index contributed by atoms with van der Waals surface area (Å²) >= 11 is 0. The van der Waals surface area contributed by atoms with Gasteiger partial charge in [-0.3, -0.25) is 19.8 Å². The molecule has 0 N–H and O–H groups in total. The fraction of sp³-hybridized carbons (Fsp3) is 0.300. The van der Waals surface area contributed by atoms with Crippen LogP contribution >= 0.6 is 0 Å². The van der Waals surface area contributed by atoms with Gasteiger partial charge in [-0.15, -0.1) is 0 Å². The highest BCUT2D eigenvalue weighted by Crippen LogP contribution is 2.36. The Bertz CT molecular complexity index is 544. The van der Waals surface area contributed by atoms with Crippen LogP contribution in [-0.4, -0.2) is 30.2 Å². The van der Waals surface area contributed by atoms with Gasteiger partial charge in [0.2, 0.25) is 0 Å². The van der Waals surface area contributed by atoms with Crippen molar-refractivity contribution in [3.63, 3.8) is 0 Å². The van der Waals surface area contributed by atoms with Gasteiger partial charge in [0, 0.05) is 6.07 Å². The Kier molecular flexibility index (Phi) is 3.05. The van der Waals surface area contributed by atoms with Gasteiger partial charge >= 0.3 is 12.1 Å². The zero-order valence-electron chi connectivity index (χ0n) is 9.31. The summed E-state index contributed by atoms with van der Waals surface area (Å²) in [6, 6.07) is 3.07. The van der Waals surface area contributed by atoms with E-state index in [0.717, 1.165) is 18.2 Å². The fourth-order valence-electron chi connectivity index (χ4n) is 1.69. The molecule has 1 heterocycles. The van der Waals surface area contributed by atoms with Crippen molar-refractivity contribution >= 4 is 17.3 Å². The maximum absolute atomic E-state index is 12.4. The molecule has 0 saturated heterocycles. The molecule has 9 heteroatoms. The van der Waals surface area contributed by atoms with Crippen LogP contribution in [0, 0.1) is 10.1 Å². The number of rotatable bonds is 1. The number of anilines is 1. The van der Waals surface area contributed by atoms with Crippen LogP contribution in [0.5, 0.6) is 5.75 Å². The van der Waals surface area contributed by atoms with Gasteiger partial charge in [0.15, 0.2) is 0 Å². The lowest BCUT2D eigenvalue weighted by Crippen LogP contribution is -2.45. The highest BCUT2D eigenvalue weighted by atomic mass is 19.4. The number of non-ortho nitro benzene ring substituents is 1. The topological polar surface area (TPSA) is 72.7 Å². The first-order chi connectivity index (χ1) is 8.80. The average molecular weight is 276 g/mol. The normalized spacial score (nSPS) is 14.6. The number of nitro benzene ring substituents is 1. The second-order valence-corrected chi connectivity index (χ2v) is 3.71. The molecule has 0 aliphatic carbocycles. The molecule has 1 aromatic carbocycles. The Morgan fingerprint density at radius 2 is 2.11 bits per heavy atom. The Labute approximate surface area is 104 Å². The molecule has 2 rings (SSSR count). The minimum absolute atomic E-state index is 0.113. The van der Waals surface area contributed by atoms with E-state index in [9.17, 15) is 28.1 Å². The van der Waals surface area contributed by atoms with Gasteiger partial charge < -0.3 is 4.74 Å². The van der Waals surface area contributed by atoms with E-state index in [0.29, 0.717) is 4.90 Å². The van der Waals surface area contributed by atoms with Crippen LogP contribution in [0.3, 0.4) is 0 Å². The summed E-state index contributed by atoms with van der Waals surface area (Å²) in [6.07, 6.45) is -5.00. The summed E-state index contributed by atoms with van der Waals surface area (Å²) < 4.78 is 42.2. The van der Waals surface area contributed by atoms with Gasteiger partial charge in [0.1, 0.15) is 12.4 Å². The van der Waals surface area contributed by atoms with Crippen molar-refractivity contribution in [2.45, 2.75) is 6.18 Å². The highest BCUT2D eigenvalue weighted by molar-refractivity contribution is 5.99. The van der Waals surface area contributed by atoms with Crippen molar-refractivity contribution in [1.29, 1.82) is 0 Å². The van der Waals surface area contributed by atoms with E-state index in [1.165, 1.54) is 0 Å². The first kappa shape index (κ1) is 13.1. The number of nitrogens with zero attached hydrogens (tertiary/aromatic N) is 2. The second-order valence-electron chi connectivity index (χ2n) is 3.71. The van der Waals surface area contributed by atoms with Gasteiger partial charge in [0.05, 0.1) is 23.2 Å². The molecule has 1 aliphatic rings. The number of amides is 1. The molecular formula is C10H7F3N2O4. The van der Waals surface area contributed by atoms with Crippen LogP contribution in [-0.2, 0) is 4.79 Å². The van der Waals surface area contributed by atoms with Crippen LogP contribution in [0.4, 0.5) is 24.5 Å². The van der Waals surface area contributed by atoms with E-state index < -0.39 is 17.0 Å². The lowest BCUT2D eigenvalue weighted by atomic mass is 10.2. The van der Waals surface area contributed by atoms with E-state index in [2.05, 4.69) is 0 Å². The molecule has 6 nitrogen and oxygen atoms in total. The molecule has 0 atom stereocenters. The van der Waals surface area contributed by atoms with Crippen LogP contribution < -0.4 is 9.64 Å². The molecular weight excluding hydrogens is 269 g/mol. The Hall–Kier alpha value is -2.32. The fourth-order valence-corrected chi connectivity index (χ4v) is 1.69. The Morgan fingerprint density at radius 3 is 2.68 bits per heavy atom. The van der Waals surface area contributed by atoms with E-state index >= 15 is 0 Å². The van der Waals surface area contributed by atoms with Crippen molar-refractivity contribution in [2.75, 3.05) is 18.1 Å². The van der Waals surface area contributed by atoms with Crippen LogP contribution in [0.15, 0.2) is 18.2 Å². The first-order valence-electron chi connectivity index (χ1n) is 5.10. The number of halogens is 3. The third-order valence-corrected chi connectivity index (χ3v) is 2.51. The zero-order chi connectivity index (χ0) is 14.2. The predicted molar refractivity (Wildman–Crippen MR) is 57.0 cm³/mol. The van der Waals surface area contributed by atoms with Gasteiger partial charge in [-0.1, -0.05) is 0 Å². The van der Waals surface area contributed by atoms with E-state index in [4.69, 9.17) is 4.74 Å². The Balaban J connectivity index is 2.40. The quantitative estimate of drug-likeness (QED) is 0.580. The summed E-state index contributed by atoms with van der Waals surface area (Å²) in [5, 5.41) is 10.6. The molecule has 0 bridgehead atoms. The van der Waals surface area contributed by atoms with Crippen LogP contribution in [0.25, 0.3) is 0 Å². The summed E-state index contributed by atoms with van der Waals surface area (Å²) in [6.45, 7) is -0.418. The second kappa shape index (κ2) is 4.41. The standard InChI is InChI=1S/C10H7F3N2O4/c11-10(12,13)9(16)14-3-4-19-8-5-6(15(17)18)1-2-7(8)14/h1-2,5H,3-4H2. The molecule has 1 amide bonds. The molecule has 0 spiro atoms. The number of benzene rings is 1. The number of hydrogen-bond donors (Lipinski definition) is 0. The number of alkyl halides is 3. The molecule has 0 saturated carbocycles. The predicted octanol–water partition coefficient (Wildman–Crippen LogP) is 1.88. The number of hydrogen-bond acceptors (Lipinski definition) is 4. The summed E-state index contributed by atoms with van der Waals surface area (Å²) in [5.41, 5.74) is -0.445. The third-order valence-electron chi connectivity index (χ3n) is 2.51. The van der Waals surface area contributed by atoms with Crippen molar-refractivity contribution < 1.29 is 27.6 Å². The van der Waals surface area contributed by atoms with E-state index in [-0.39, 0.29) is 30.3 Å². The van der Waals surface area contributed by atoms with Gasteiger partial charge in [-0.2, -0.15) is 13.2 Å². The summed E-state index contributed by atoms with van der Waals surface area (Å²) in [7, 11) is 0. The maximum atomic E-state index is 12.4. The van der Waals surface area contributed by atoms with Crippen LogP contribution in [0.2, 0.25) is 0 Å². The SMILES string of the molecule is O=C(N1CCOc2cc([N+](=O)[O-])ccc21)C(F)(F)F. The maximum Gasteiger partial charge on any atom is 0.471 e. The number of carbonyl (C=O) groups is 1.